The van der Waals surface area contributed by atoms with Crippen LogP contribution in [0.3, 0.4) is 0 Å². The molecule has 0 bridgehead atoms. The van der Waals surface area contributed by atoms with Gasteiger partial charge in [-0.1, -0.05) is 13.8 Å². The summed E-state index contributed by atoms with van der Waals surface area (Å²) in [6.45, 7) is 4.45. The summed E-state index contributed by atoms with van der Waals surface area (Å²) >= 11 is 0. The molecular formula is C12H14N2. The molecule has 0 N–H and O–H groups in total. The highest BCUT2D eigenvalue weighted by Gasteiger charge is 2.03. The van der Waals surface area contributed by atoms with Gasteiger partial charge in [-0.2, -0.15) is 0 Å². The minimum absolute atomic E-state index is 0.667. The van der Waals surface area contributed by atoms with Crippen LogP contribution in [-0.2, 0) is 6.42 Å². The van der Waals surface area contributed by atoms with Crippen LogP contribution in [0.15, 0.2) is 30.6 Å². The largest absolute Gasteiger partial charge is 0.237 e. The van der Waals surface area contributed by atoms with E-state index >= 15 is 0 Å². The molecule has 2 nitrogen and oxygen atoms in total. The van der Waals surface area contributed by atoms with Crippen LogP contribution in [0.4, 0.5) is 0 Å². The van der Waals surface area contributed by atoms with Crippen molar-refractivity contribution in [2.45, 2.75) is 20.3 Å². The lowest BCUT2D eigenvalue weighted by molar-refractivity contribution is 0.650. The minimum atomic E-state index is 0.667. The zero-order chi connectivity index (χ0) is 9.97. The lowest BCUT2D eigenvalue weighted by Gasteiger charge is -2.07. The molecule has 0 aromatic carbocycles. The average molecular weight is 186 g/mol. The summed E-state index contributed by atoms with van der Waals surface area (Å²) in [4.78, 5) is 8.48. The van der Waals surface area contributed by atoms with Crippen LogP contribution >= 0.6 is 0 Å². The van der Waals surface area contributed by atoms with E-state index in [0.29, 0.717) is 5.92 Å². The van der Waals surface area contributed by atoms with E-state index in [1.807, 2.05) is 12.3 Å². The maximum absolute atomic E-state index is 4.24. The summed E-state index contributed by atoms with van der Waals surface area (Å²) in [6.07, 6.45) is 4.71. The van der Waals surface area contributed by atoms with Gasteiger partial charge in [-0.15, -0.1) is 0 Å². The maximum Gasteiger partial charge on any atom is 0.159 e. The molecule has 0 atom stereocenters. The van der Waals surface area contributed by atoms with Crippen LogP contribution in [0.2, 0.25) is 0 Å². The third-order valence-corrected chi connectivity index (χ3v) is 2.23. The third kappa shape index (κ3) is 1.74. The molecule has 2 heterocycles. The highest BCUT2D eigenvalue weighted by molar-refractivity contribution is 5.78. The number of nitrogens with zero attached hydrogens (tertiary/aromatic N) is 2. The fourth-order valence-electron chi connectivity index (χ4n) is 1.66. The number of hydrogen-bond donors (Lipinski definition) is 0. The summed E-state index contributed by atoms with van der Waals surface area (Å²) in [7, 11) is 0. The number of aromatic nitrogens is 2. The predicted molar refractivity (Wildman–Crippen MR) is 58.1 cm³/mol. The Kier molecular flexibility index (Phi) is 2.44. The van der Waals surface area contributed by atoms with Gasteiger partial charge < -0.3 is 0 Å². The van der Waals surface area contributed by atoms with Gasteiger partial charge in [-0.25, -0.2) is 9.97 Å². The topological polar surface area (TPSA) is 25.8 Å². The van der Waals surface area contributed by atoms with E-state index in [9.17, 15) is 0 Å². The first-order chi connectivity index (χ1) is 6.77. The van der Waals surface area contributed by atoms with Crippen molar-refractivity contribution < 1.29 is 0 Å². The Balaban J connectivity index is 2.53. The molecule has 0 aliphatic heterocycles. The predicted octanol–water partition coefficient (Wildman–Crippen LogP) is 2.83. The summed E-state index contributed by atoms with van der Waals surface area (Å²) in [5.74, 6) is 0.667. The van der Waals surface area contributed by atoms with Crippen LogP contribution in [0.1, 0.15) is 19.4 Å². The zero-order valence-corrected chi connectivity index (χ0v) is 8.57. The standard InChI is InChI=1S/C12H14N2/c1-9(2)8-10-5-7-14-12-11(10)4-3-6-13-12/h3-7,9H,8H2,1-2H3. The van der Waals surface area contributed by atoms with E-state index in [2.05, 4.69) is 35.9 Å². The first kappa shape index (κ1) is 9.13. The van der Waals surface area contributed by atoms with Crippen molar-refractivity contribution in [3.63, 3.8) is 0 Å². The van der Waals surface area contributed by atoms with Crippen molar-refractivity contribution in [2.24, 2.45) is 5.92 Å². The first-order valence-electron chi connectivity index (χ1n) is 4.96. The molecular weight excluding hydrogens is 172 g/mol. The van der Waals surface area contributed by atoms with Crippen LogP contribution in [0, 0.1) is 5.92 Å². The molecule has 0 aliphatic carbocycles. The molecule has 0 amide bonds. The second-order valence-corrected chi connectivity index (χ2v) is 3.94. The molecule has 72 valence electrons. The van der Waals surface area contributed by atoms with Crippen LogP contribution in [0.25, 0.3) is 11.0 Å². The van der Waals surface area contributed by atoms with Crippen LogP contribution in [-0.4, -0.2) is 9.97 Å². The zero-order valence-electron chi connectivity index (χ0n) is 8.57. The second kappa shape index (κ2) is 3.74. The van der Waals surface area contributed by atoms with Gasteiger partial charge in [0.25, 0.3) is 0 Å². The van der Waals surface area contributed by atoms with Gasteiger partial charge in [0.15, 0.2) is 5.65 Å². The molecule has 0 saturated carbocycles. The van der Waals surface area contributed by atoms with Gasteiger partial charge in [0.1, 0.15) is 0 Å². The van der Waals surface area contributed by atoms with Gasteiger partial charge >= 0.3 is 0 Å². The third-order valence-electron chi connectivity index (χ3n) is 2.23. The van der Waals surface area contributed by atoms with Crippen molar-refractivity contribution >= 4 is 11.0 Å². The maximum atomic E-state index is 4.24. The Hall–Kier alpha value is -1.44. The monoisotopic (exact) mass is 186 g/mol. The summed E-state index contributed by atoms with van der Waals surface area (Å²) in [5.41, 5.74) is 2.20. The highest BCUT2D eigenvalue weighted by atomic mass is 14.8. The molecule has 0 saturated heterocycles. The molecule has 2 heteroatoms. The minimum Gasteiger partial charge on any atom is -0.237 e. The van der Waals surface area contributed by atoms with Crippen molar-refractivity contribution in [3.8, 4) is 0 Å². The van der Waals surface area contributed by atoms with E-state index < -0.39 is 0 Å². The second-order valence-electron chi connectivity index (χ2n) is 3.94. The average Bonchev–Trinajstić information content (AvgIpc) is 2.18. The normalized spacial score (nSPS) is 11.1. The van der Waals surface area contributed by atoms with E-state index in [4.69, 9.17) is 0 Å². The lowest BCUT2D eigenvalue weighted by Crippen LogP contribution is -1.96. The summed E-state index contributed by atoms with van der Waals surface area (Å²) in [6, 6.07) is 6.14. The first-order valence-corrected chi connectivity index (χ1v) is 4.96. The van der Waals surface area contributed by atoms with Gasteiger partial charge in [-0.3, -0.25) is 0 Å². The number of pyridine rings is 2. The summed E-state index contributed by atoms with van der Waals surface area (Å²) < 4.78 is 0. The van der Waals surface area contributed by atoms with Crippen LogP contribution in [0.5, 0.6) is 0 Å². The molecule has 2 aromatic heterocycles. The van der Waals surface area contributed by atoms with Crippen molar-refractivity contribution in [2.75, 3.05) is 0 Å². The lowest BCUT2D eigenvalue weighted by atomic mass is 10.0. The highest BCUT2D eigenvalue weighted by Crippen LogP contribution is 2.17. The Morgan fingerprint density at radius 1 is 1.14 bits per heavy atom. The van der Waals surface area contributed by atoms with Crippen LogP contribution < -0.4 is 0 Å². The molecule has 0 fully saturated rings. The SMILES string of the molecule is CC(C)Cc1ccnc2ncccc12. The Morgan fingerprint density at radius 3 is 2.71 bits per heavy atom. The van der Waals surface area contributed by atoms with E-state index in [0.717, 1.165) is 12.1 Å². The quantitative estimate of drug-likeness (QED) is 0.720. The van der Waals surface area contributed by atoms with E-state index in [-0.39, 0.29) is 0 Å². The van der Waals surface area contributed by atoms with Gasteiger partial charge in [-0.05, 0) is 36.1 Å². The van der Waals surface area contributed by atoms with Gasteiger partial charge in [0.2, 0.25) is 0 Å². The fourth-order valence-corrected chi connectivity index (χ4v) is 1.66. The number of fused-ring (bicyclic) bond motifs is 1. The van der Waals surface area contributed by atoms with Gasteiger partial charge in [0.05, 0.1) is 0 Å². The molecule has 0 spiro atoms. The molecule has 0 aliphatic rings. The van der Waals surface area contributed by atoms with Crippen molar-refractivity contribution in [1.82, 2.24) is 9.97 Å². The van der Waals surface area contributed by atoms with Gasteiger partial charge in [0, 0.05) is 17.8 Å². The van der Waals surface area contributed by atoms with E-state index in [1.54, 1.807) is 6.20 Å². The Bertz CT molecular complexity index is 430. The molecule has 2 aromatic rings. The molecule has 0 radical (unpaired) electrons. The Labute approximate surface area is 84.0 Å². The van der Waals surface area contributed by atoms with E-state index in [1.165, 1.54) is 10.9 Å². The number of rotatable bonds is 2. The van der Waals surface area contributed by atoms with Crippen molar-refractivity contribution in [3.05, 3.63) is 36.2 Å². The molecule has 14 heavy (non-hydrogen) atoms. The van der Waals surface area contributed by atoms with Crippen molar-refractivity contribution in [1.29, 1.82) is 0 Å². The molecule has 2 rings (SSSR count). The number of hydrogen-bond acceptors (Lipinski definition) is 2. The smallest absolute Gasteiger partial charge is 0.159 e. The Morgan fingerprint density at radius 2 is 1.93 bits per heavy atom. The summed E-state index contributed by atoms with van der Waals surface area (Å²) in [5, 5.41) is 1.18. The molecule has 0 unspecified atom stereocenters. The fraction of sp³-hybridized carbons (Fsp3) is 0.333.